The van der Waals surface area contributed by atoms with Crippen LogP contribution in [-0.4, -0.2) is 0 Å². The molecule has 9 aromatic carbocycles. The lowest BCUT2D eigenvalue weighted by Gasteiger charge is -2.27. The van der Waals surface area contributed by atoms with Crippen molar-refractivity contribution in [2.45, 2.75) is 0 Å². The van der Waals surface area contributed by atoms with E-state index in [1.165, 1.54) is 38.1 Å². The van der Waals surface area contributed by atoms with E-state index in [2.05, 4.69) is 205 Å². The van der Waals surface area contributed by atoms with Crippen LogP contribution in [0.1, 0.15) is 0 Å². The average Bonchev–Trinajstić information content (AvgIpc) is 3.64. The molecule has 2 nitrogen and oxygen atoms in total. The summed E-state index contributed by atoms with van der Waals surface area (Å²) >= 11 is 0. The van der Waals surface area contributed by atoms with Gasteiger partial charge in [-0.1, -0.05) is 164 Å². The zero-order chi connectivity index (χ0) is 34.4. The molecule has 0 amide bonds. The van der Waals surface area contributed by atoms with E-state index >= 15 is 0 Å². The van der Waals surface area contributed by atoms with Crippen LogP contribution in [0.25, 0.3) is 76.9 Å². The summed E-state index contributed by atoms with van der Waals surface area (Å²) < 4.78 is 7.00. The molecule has 0 unspecified atom stereocenters. The zero-order valence-corrected chi connectivity index (χ0v) is 28.4. The lowest BCUT2D eigenvalue weighted by molar-refractivity contribution is 0.636. The minimum atomic E-state index is 0.890. The smallest absolute Gasteiger partial charge is 0.143 e. The SMILES string of the molecule is c1ccc(-c2oc3c4ccccc4c4ccc(-c5ccc(N(c6ccccc6)c6ccccc6)c6ccccc56)cc4c3c2-c2ccccc2)cc1. The van der Waals surface area contributed by atoms with Crippen molar-refractivity contribution in [2.75, 3.05) is 4.90 Å². The zero-order valence-electron chi connectivity index (χ0n) is 28.4. The van der Waals surface area contributed by atoms with E-state index in [0.29, 0.717) is 0 Å². The fraction of sp³-hybridized carbons (Fsp3) is 0. The number of rotatable bonds is 6. The number of hydrogen-bond donors (Lipinski definition) is 0. The molecule has 0 aliphatic heterocycles. The van der Waals surface area contributed by atoms with E-state index < -0.39 is 0 Å². The summed E-state index contributed by atoms with van der Waals surface area (Å²) in [5.41, 5.74) is 9.97. The normalized spacial score (nSPS) is 11.5. The summed E-state index contributed by atoms with van der Waals surface area (Å²) in [6, 6.07) is 71.4. The van der Waals surface area contributed by atoms with Gasteiger partial charge in [0, 0.05) is 38.7 Å². The Labute approximate surface area is 302 Å². The van der Waals surface area contributed by atoms with E-state index in [1.807, 2.05) is 0 Å². The van der Waals surface area contributed by atoms with E-state index in [1.54, 1.807) is 0 Å². The Morgan fingerprint density at radius 2 is 0.865 bits per heavy atom. The number of nitrogens with zero attached hydrogens (tertiary/aromatic N) is 1. The maximum absolute atomic E-state index is 7.00. The summed E-state index contributed by atoms with van der Waals surface area (Å²) in [7, 11) is 0. The predicted molar refractivity (Wildman–Crippen MR) is 220 cm³/mol. The number of hydrogen-bond acceptors (Lipinski definition) is 2. The fourth-order valence-electron chi connectivity index (χ4n) is 7.93. The van der Waals surface area contributed by atoms with E-state index in [-0.39, 0.29) is 0 Å². The molecule has 1 aromatic heterocycles. The summed E-state index contributed by atoms with van der Waals surface area (Å²) in [6.45, 7) is 0. The lowest BCUT2D eigenvalue weighted by Crippen LogP contribution is -2.10. The van der Waals surface area contributed by atoms with Gasteiger partial charge < -0.3 is 9.32 Å². The highest BCUT2D eigenvalue weighted by atomic mass is 16.3. The molecular formula is C50H33NO. The average molecular weight is 664 g/mol. The predicted octanol–water partition coefficient (Wildman–Crippen LogP) is 14.4. The number of anilines is 3. The molecule has 0 bridgehead atoms. The molecule has 2 heteroatoms. The molecule has 0 fully saturated rings. The molecule has 0 saturated carbocycles. The Balaban J connectivity index is 1.26. The number of benzene rings is 9. The van der Waals surface area contributed by atoms with Crippen LogP contribution in [0.4, 0.5) is 17.1 Å². The Morgan fingerprint density at radius 3 is 1.52 bits per heavy atom. The third-order valence-electron chi connectivity index (χ3n) is 10.2. The molecule has 0 atom stereocenters. The van der Waals surface area contributed by atoms with Crippen LogP contribution in [0.15, 0.2) is 205 Å². The first-order valence-corrected chi connectivity index (χ1v) is 17.8. The second-order valence-corrected chi connectivity index (χ2v) is 13.2. The van der Waals surface area contributed by atoms with Gasteiger partial charge in [0.15, 0.2) is 0 Å². The monoisotopic (exact) mass is 663 g/mol. The standard InChI is InChI=1S/C50H33NO/c1-5-17-34(18-6-1)47-48-45-33-36(29-30-42(45)41-26-14-16-28-44(41)50(48)52-49(47)35-19-7-2-8-20-35)39-31-32-46(43-27-15-13-25-40(39)43)51(37-21-9-3-10-22-37)38-23-11-4-12-24-38/h1-33H. The molecule has 1 heterocycles. The summed E-state index contributed by atoms with van der Waals surface area (Å²) in [6.07, 6.45) is 0. The van der Waals surface area contributed by atoms with Crippen LogP contribution in [-0.2, 0) is 0 Å². The van der Waals surface area contributed by atoms with Gasteiger partial charge in [-0.15, -0.1) is 0 Å². The molecule has 52 heavy (non-hydrogen) atoms. The summed E-state index contributed by atoms with van der Waals surface area (Å²) in [5.74, 6) is 0.890. The van der Waals surface area contributed by atoms with Crippen LogP contribution in [0, 0.1) is 0 Å². The molecule has 0 aliphatic rings. The van der Waals surface area contributed by atoms with Gasteiger partial charge in [-0.25, -0.2) is 0 Å². The van der Waals surface area contributed by atoms with Gasteiger partial charge in [0.2, 0.25) is 0 Å². The number of para-hydroxylation sites is 2. The number of fused-ring (bicyclic) bond motifs is 7. The van der Waals surface area contributed by atoms with Crippen molar-refractivity contribution in [1.29, 1.82) is 0 Å². The Hall–Kier alpha value is -6.90. The largest absolute Gasteiger partial charge is 0.455 e. The number of furan rings is 1. The highest BCUT2D eigenvalue weighted by Gasteiger charge is 2.23. The van der Waals surface area contributed by atoms with Crippen molar-refractivity contribution in [1.82, 2.24) is 0 Å². The van der Waals surface area contributed by atoms with Crippen LogP contribution in [0.2, 0.25) is 0 Å². The van der Waals surface area contributed by atoms with Crippen molar-refractivity contribution < 1.29 is 4.42 Å². The molecule has 10 aromatic rings. The van der Waals surface area contributed by atoms with Gasteiger partial charge in [0.1, 0.15) is 11.3 Å². The molecule has 0 aliphatic carbocycles. The van der Waals surface area contributed by atoms with Gasteiger partial charge in [0.05, 0.1) is 5.69 Å². The van der Waals surface area contributed by atoms with E-state index in [9.17, 15) is 0 Å². The molecule has 0 spiro atoms. The van der Waals surface area contributed by atoms with Gasteiger partial charge in [-0.2, -0.15) is 0 Å². The maximum atomic E-state index is 7.00. The summed E-state index contributed by atoms with van der Waals surface area (Å²) in [4.78, 5) is 2.35. The molecule has 0 N–H and O–H groups in total. The van der Waals surface area contributed by atoms with Crippen LogP contribution in [0.5, 0.6) is 0 Å². The van der Waals surface area contributed by atoms with E-state index in [0.717, 1.165) is 55.9 Å². The Kier molecular flexibility index (Phi) is 7.18. The maximum Gasteiger partial charge on any atom is 0.143 e. The molecule has 0 saturated heterocycles. The highest BCUT2D eigenvalue weighted by molar-refractivity contribution is 6.29. The van der Waals surface area contributed by atoms with Crippen LogP contribution >= 0.6 is 0 Å². The van der Waals surface area contributed by atoms with Crippen LogP contribution < -0.4 is 4.90 Å². The lowest BCUT2D eigenvalue weighted by atomic mass is 9.89. The third-order valence-corrected chi connectivity index (χ3v) is 10.2. The molecule has 0 radical (unpaired) electrons. The van der Waals surface area contributed by atoms with Gasteiger partial charge in [-0.05, 0) is 74.6 Å². The topological polar surface area (TPSA) is 16.4 Å². The molecular weight excluding hydrogens is 631 g/mol. The highest BCUT2D eigenvalue weighted by Crippen LogP contribution is 2.49. The molecule has 10 rings (SSSR count). The van der Waals surface area contributed by atoms with Gasteiger partial charge in [0.25, 0.3) is 0 Å². The third kappa shape index (κ3) is 4.88. The summed E-state index contributed by atoms with van der Waals surface area (Å²) in [5, 5.41) is 8.23. The first-order chi connectivity index (χ1) is 25.8. The van der Waals surface area contributed by atoms with Crippen molar-refractivity contribution in [2.24, 2.45) is 0 Å². The van der Waals surface area contributed by atoms with E-state index in [4.69, 9.17) is 4.42 Å². The van der Waals surface area contributed by atoms with Crippen molar-refractivity contribution in [3.05, 3.63) is 200 Å². The Morgan fingerprint density at radius 1 is 0.346 bits per heavy atom. The second kappa shape index (κ2) is 12.5. The van der Waals surface area contributed by atoms with Crippen molar-refractivity contribution in [3.8, 4) is 33.6 Å². The van der Waals surface area contributed by atoms with Crippen molar-refractivity contribution in [3.63, 3.8) is 0 Å². The molecule has 244 valence electrons. The Bertz CT molecular complexity index is 2840. The van der Waals surface area contributed by atoms with Crippen LogP contribution in [0.3, 0.4) is 0 Å². The first kappa shape index (κ1) is 30.0. The first-order valence-electron chi connectivity index (χ1n) is 17.8. The van der Waals surface area contributed by atoms with Crippen molar-refractivity contribution >= 4 is 60.3 Å². The second-order valence-electron chi connectivity index (χ2n) is 13.2. The fourth-order valence-corrected chi connectivity index (χ4v) is 7.93. The minimum Gasteiger partial charge on any atom is -0.455 e. The van der Waals surface area contributed by atoms with Gasteiger partial charge >= 0.3 is 0 Å². The van der Waals surface area contributed by atoms with Gasteiger partial charge in [-0.3, -0.25) is 0 Å². The quantitative estimate of drug-likeness (QED) is 0.165. The minimum absolute atomic E-state index is 0.890.